The molecule has 1 heterocycles. The Bertz CT molecular complexity index is 498. The molecule has 1 fully saturated rings. The van der Waals surface area contributed by atoms with Gasteiger partial charge in [0.1, 0.15) is 11.5 Å². The maximum absolute atomic E-state index is 12.7. The van der Waals surface area contributed by atoms with Gasteiger partial charge < -0.3 is 24.0 Å². The first-order valence-electron chi connectivity index (χ1n) is 8.39. The van der Waals surface area contributed by atoms with Crippen molar-refractivity contribution in [2.24, 2.45) is 0 Å². The van der Waals surface area contributed by atoms with Crippen LogP contribution < -0.4 is 9.47 Å². The summed E-state index contributed by atoms with van der Waals surface area (Å²) in [6, 6.07) is 7.50. The first kappa shape index (κ1) is 18.5. The second kappa shape index (κ2) is 9.49. The molecule has 1 aliphatic rings. The number of rotatable bonds is 8. The summed E-state index contributed by atoms with van der Waals surface area (Å²) in [5, 5.41) is 0. The van der Waals surface area contributed by atoms with E-state index in [2.05, 4.69) is 4.90 Å². The van der Waals surface area contributed by atoms with Crippen LogP contribution in [0.4, 0.5) is 0 Å². The van der Waals surface area contributed by atoms with Crippen LogP contribution in [0.2, 0.25) is 0 Å². The van der Waals surface area contributed by atoms with E-state index in [0.29, 0.717) is 12.3 Å². The van der Waals surface area contributed by atoms with Crippen LogP contribution in [0.15, 0.2) is 24.3 Å². The van der Waals surface area contributed by atoms with Crippen molar-refractivity contribution in [3.05, 3.63) is 24.3 Å². The van der Waals surface area contributed by atoms with Crippen molar-refractivity contribution in [3.8, 4) is 11.5 Å². The summed E-state index contributed by atoms with van der Waals surface area (Å²) in [6.45, 7) is 3.04. The summed E-state index contributed by atoms with van der Waals surface area (Å²) in [4.78, 5) is 16.7. The highest BCUT2D eigenvalue weighted by Gasteiger charge is 2.25. The van der Waals surface area contributed by atoms with E-state index in [0.717, 1.165) is 38.3 Å². The molecule has 2 rings (SSSR count). The fraction of sp³-hybridized carbons (Fsp3) is 0.611. The Labute approximate surface area is 144 Å². The molecule has 6 heteroatoms. The van der Waals surface area contributed by atoms with Crippen molar-refractivity contribution in [1.29, 1.82) is 0 Å². The quantitative estimate of drug-likeness (QED) is 0.722. The minimum absolute atomic E-state index is 0.0274. The molecule has 6 nitrogen and oxygen atoms in total. The molecule has 0 N–H and O–H groups in total. The Morgan fingerprint density at radius 2 is 1.75 bits per heavy atom. The van der Waals surface area contributed by atoms with Gasteiger partial charge in [-0.05, 0) is 51.2 Å². The van der Waals surface area contributed by atoms with Crippen LogP contribution in [0.5, 0.6) is 11.5 Å². The molecule has 0 aliphatic carbocycles. The number of carbonyl (C=O) groups is 1. The lowest BCUT2D eigenvalue weighted by Crippen LogP contribution is -2.48. The first-order chi connectivity index (χ1) is 11.6. The van der Waals surface area contributed by atoms with E-state index in [-0.39, 0.29) is 18.6 Å². The molecular weight excluding hydrogens is 308 g/mol. The Hall–Kier alpha value is -1.79. The van der Waals surface area contributed by atoms with E-state index in [9.17, 15) is 4.79 Å². The largest absolute Gasteiger partial charge is 0.497 e. The summed E-state index contributed by atoms with van der Waals surface area (Å²) in [5.41, 5.74) is 0. The third-order valence-corrected chi connectivity index (χ3v) is 4.16. The van der Waals surface area contributed by atoms with Gasteiger partial charge in [0.05, 0.1) is 7.11 Å². The van der Waals surface area contributed by atoms with Crippen LogP contribution in [0.1, 0.15) is 12.8 Å². The second-order valence-electron chi connectivity index (χ2n) is 6.20. The van der Waals surface area contributed by atoms with Gasteiger partial charge in [-0.25, -0.2) is 0 Å². The molecule has 1 aliphatic heterocycles. The number of hydrogen-bond acceptors (Lipinski definition) is 5. The highest BCUT2D eigenvalue weighted by molar-refractivity contribution is 5.78. The molecule has 1 saturated heterocycles. The molecule has 1 aromatic carbocycles. The monoisotopic (exact) mass is 336 g/mol. The van der Waals surface area contributed by atoms with E-state index < -0.39 is 0 Å². The lowest BCUT2D eigenvalue weighted by atomic mass is 10.1. The van der Waals surface area contributed by atoms with Crippen LogP contribution in [0.3, 0.4) is 0 Å². The summed E-state index contributed by atoms with van der Waals surface area (Å²) in [6.07, 6.45) is 1.78. The SMILES string of the molecule is COc1ccc(OCC(=O)N(CCN(C)C)C2CCOCC2)cc1. The van der Waals surface area contributed by atoms with Crippen molar-refractivity contribution in [2.75, 3.05) is 54.1 Å². The normalized spacial score (nSPS) is 15.3. The fourth-order valence-corrected chi connectivity index (χ4v) is 2.72. The highest BCUT2D eigenvalue weighted by Crippen LogP contribution is 2.18. The molecule has 0 radical (unpaired) electrons. The standard InChI is InChI=1S/C18H28N2O4/c1-19(2)10-11-20(15-8-12-23-13-9-15)18(21)14-24-17-6-4-16(22-3)5-7-17/h4-7,15H,8-14H2,1-3H3. The molecule has 0 aromatic heterocycles. The van der Waals surface area contributed by atoms with E-state index >= 15 is 0 Å². The molecule has 1 aromatic rings. The average Bonchev–Trinajstić information content (AvgIpc) is 2.61. The zero-order chi connectivity index (χ0) is 17.4. The van der Waals surface area contributed by atoms with E-state index in [1.54, 1.807) is 7.11 Å². The molecule has 0 spiro atoms. The van der Waals surface area contributed by atoms with Gasteiger partial charge in [0.25, 0.3) is 5.91 Å². The molecular formula is C18H28N2O4. The van der Waals surface area contributed by atoms with Gasteiger partial charge in [-0.3, -0.25) is 4.79 Å². The van der Waals surface area contributed by atoms with Crippen LogP contribution >= 0.6 is 0 Å². The van der Waals surface area contributed by atoms with Gasteiger partial charge in [0.15, 0.2) is 6.61 Å². The summed E-state index contributed by atoms with van der Waals surface area (Å²) < 4.78 is 16.2. The van der Waals surface area contributed by atoms with Gasteiger partial charge >= 0.3 is 0 Å². The average molecular weight is 336 g/mol. The first-order valence-corrected chi connectivity index (χ1v) is 8.39. The second-order valence-corrected chi connectivity index (χ2v) is 6.20. The number of amides is 1. The van der Waals surface area contributed by atoms with Crippen molar-refractivity contribution >= 4 is 5.91 Å². The maximum Gasteiger partial charge on any atom is 0.260 e. The van der Waals surface area contributed by atoms with Gasteiger partial charge in [-0.2, -0.15) is 0 Å². The Balaban J connectivity index is 1.92. The van der Waals surface area contributed by atoms with Gasteiger partial charge in [-0.1, -0.05) is 0 Å². The molecule has 0 saturated carbocycles. The number of carbonyl (C=O) groups excluding carboxylic acids is 1. The minimum Gasteiger partial charge on any atom is -0.497 e. The van der Waals surface area contributed by atoms with Crippen molar-refractivity contribution in [1.82, 2.24) is 9.80 Å². The lowest BCUT2D eigenvalue weighted by molar-refractivity contribution is -0.137. The number of ether oxygens (including phenoxy) is 3. The zero-order valence-corrected chi connectivity index (χ0v) is 14.9. The predicted octanol–water partition coefficient (Wildman–Crippen LogP) is 1.64. The van der Waals surface area contributed by atoms with Crippen LogP contribution in [-0.4, -0.2) is 75.9 Å². The number of methoxy groups -OCH3 is 1. The van der Waals surface area contributed by atoms with E-state index in [1.165, 1.54) is 0 Å². The Kier molecular flexibility index (Phi) is 7.34. The van der Waals surface area contributed by atoms with E-state index in [1.807, 2.05) is 43.3 Å². The molecule has 0 atom stereocenters. The number of hydrogen-bond donors (Lipinski definition) is 0. The van der Waals surface area contributed by atoms with Gasteiger partial charge in [0, 0.05) is 32.3 Å². The third kappa shape index (κ3) is 5.69. The highest BCUT2D eigenvalue weighted by atomic mass is 16.5. The van der Waals surface area contributed by atoms with Crippen LogP contribution in [0.25, 0.3) is 0 Å². The van der Waals surface area contributed by atoms with Gasteiger partial charge in [0.2, 0.25) is 0 Å². The lowest BCUT2D eigenvalue weighted by Gasteiger charge is -2.35. The molecule has 0 unspecified atom stereocenters. The van der Waals surface area contributed by atoms with Crippen LogP contribution in [0, 0.1) is 0 Å². The minimum atomic E-state index is 0.0274. The molecule has 0 bridgehead atoms. The predicted molar refractivity (Wildman–Crippen MR) is 92.6 cm³/mol. The van der Waals surface area contributed by atoms with Crippen molar-refractivity contribution in [2.45, 2.75) is 18.9 Å². The number of likely N-dealkylation sites (N-methyl/N-ethyl adjacent to an activating group) is 1. The number of nitrogens with zero attached hydrogens (tertiary/aromatic N) is 2. The van der Waals surface area contributed by atoms with E-state index in [4.69, 9.17) is 14.2 Å². The molecule has 1 amide bonds. The zero-order valence-electron chi connectivity index (χ0n) is 14.9. The van der Waals surface area contributed by atoms with Gasteiger partial charge in [-0.15, -0.1) is 0 Å². The Morgan fingerprint density at radius 1 is 1.12 bits per heavy atom. The van der Waals surface area contributed by atoms with Crippen molar-refractivity contribution in [3.63, 3.8) is 0 Å². The smallest absolute Gasteiger partial charge is 0.260 e. The third-order valence-electron chi connectivity index (χ3n) is 4.16. The fourth-order valence-electron chi connectivity index (χ4n) is 2.72. The van der Waals surface area contributed by atoms with Crippen LogP contribution in [-0.2, 0) is 9.53 Å². The van der Waals surface area contributed by atoms with Crippen molar-refractivity contribution < 1.29 is 19.0 Å². The molecule has 24 heavy (non-hydrogen) atoms. The topological polar surface area (TPSA) is 51.2 Å². The Morgan fingerprint density at radius 3 is 2.33 bits per heavy atom. The summed E-state index contributed by atoms with van der Waals surface area (Å²) in [5.74, 6) is 1.46. The summed E-state index contributed by atoms with van der Waals surface area (Å²) >= 11 is 0. The summed E-state index contributed by atoms with van der Waals surface area (Å²) in [7, 11) is 5.65. The maximum atomic E-state index is 12.7. The number of benzene rings is 1. The molecule has 134 valence electrons.